The van der Waals surface area contributed by atoms with Crippen molar-refractivity contribution in [3.8, 4) is 5.88 Å². The van der Waals surface area contributed by atoms with E-state index in [0.29, 0.717) is 5.88 Å². The quantitative estimate of drug-likeness (QED) is 0.894. The summed E-state index contributed by atoms with van der Waals surface area (Å²) in [5, 5.41) is 15.2. The summed E-state index contributed by atoms with van der Waals surface area (Å²) < 4.78 is 1.87. The van der Waals surface area contributed by atoms with Crippen molar-refractivity contribution in [1.29, 1.82) is 0 Å². The summed E-state index contributed by atoms with van der Waals surface area (Å²) >= 11 is 0. The van der Waals surface area contributed by atoms with Gasteiger partial charge in [0.1, 0.15) is 0 Å². The van der Waals surface area contributed by atoms with Gasteiger partial charge in [0, 0.05) is 56.4 Å². The highest BCUT2D eigenvalue weighted by Crippen LogP contribution is 2.35. The molecule has 0 amide bonds. The number of aryl methyl sites for hydroxylation is 1. The first kappa shape index (κ1) is 14.6. The minimum Gasteiger partial charge on any atom is -0.494 e. The van der Waals surface area contributed by atoms with Gasteiger partial charge in [0.05, 0.1) is 17.6 Å². The van der Waals surface area contributed by atoms with E-state index in [1.54, 1.807) is 0 Å². The van der Waals surface area contributed by atoms with E-state index in [9.17, 15) is 5.11 Å². The molecule has 122 valence electrons. The Morgan fingerprint density at radius 2 is 2.00 bits per heavy atom. The van der Waals surface area contributed by atoms with Crippen molar-refractivity contribution in [3.63, 3.8) is 0 Å². The zero-order valence-corrected chi connectivity index (χ0v) is 13.7. The number of aromatic nitrogens is 1. The fraction of sp³-hybridized carbons (Fsp3) is 0.500. The summed E-state index contributed by atoms with van der Waals surface area (Å²) in [5.41, 5.74) is 4.28. The zero-order chi connectivity index (χ0) is 15.8. The van der Waals surface area contributed by atoms with Gasteiger partial charge in [-0.3, -0.25) is 4.99 Å². The predicted octanol–water partition coefficient (Wildman–Crippen LogP) is 2.27. The summed E-state index contributed by atoms with van der Waals surface area (Å²) in [4.78, 5) is 7.15. The Hall–Kier alpha value is -2.01. The third-order valence-corrected chi connectivity index (χ3v) is 5.04. The molecule has 2 aliphatic rings. The lowest BCUT2D eigenvalue weighted by Gasteiger charge is -2.17. The molecular weight excluding hydrogens is 288 g/mol. The van der Waals surface area contributed by atoms with Crippen LogP contribution in [-0.2, 0) is 7.05 Å². The molecule has 0 spiro atoms. The van der Waals surface area contributed by atoms with E-state index in [1.165, 1.54) is 18.5 Å². The van der Waals surface area contributed by atoms with Crippen molar-refractivity contribution < 1.29 is 5.11 Å². The van der Waals surface area contributed by atoms with Crippen LogP contribution in [0.3, 0.4) is 0 Å². The summed E-state index contributed by atoms with van der Waals surface area (Å²) in [6.45, 7) is 4.86. The predicted molar refractivity (Wildman–Crippen MR) is 94.9 cm³/mol. The number of hydrogen-bond acceptors (Lipinski definition) is 4. The molecular formula is C18H24N4O. The fourth-order valence-corrected chi connectivity index (χ4v) is 3.76. The van der Waals surface area contributed by atoms with Crippen molar-refractivity contribution >= 4 is 22.3 Å². The number of fused-ring (bicyclic) bond motifs is 1. The van der Waals surface area contributed by atoms with E-state index in [-0.39, 0.29) is 0 Å². The maximum Gasteiger partial charge on any atom is 0.201 e. The van der Waals surface area contributed by atoms with Gasteiger partial charge >= 0.3 is 0 Å². The Kier molecular flexibility index (Phi) is 3.73. The van der Waals surface area contributed by atoms with Crippen LogP contribution in [0.4, 0.5) is 5.69 Å². The van der Waals surface area contributed by atoms with Crippen LogP contribution in [0, 0.1) is 0 Å². The van der Waals surface area contributed by atoms with Gasteiger partial charge in [-0.1, -0.05) is 0 Å². The van der Waals surface area contributed by atoms with Crippen LogP contribution in [0.5, 0.6) is 5.88 Å². The van der Waals surface area contributed by atoms with Gasteiger partial charge in [-0.2, -0.15) is 0 Å². The lowest BCUT2D eigenvalue weighted by Crippen LogP contribution is -2.17. The molecule has 0 radical (unpaired) electrons. The molecule has 2 N–H and O–H groups in total. The Morgan fingerprint density at radius 3 is 2.83 bits per heavy atom. The second kappa shape index (κ2) is 5.89. The minimum atomic E-state index is 0.333. The van der Waals surface area contributed by atoms with Crippen LogP contribution >= 0.6 is 0 Å². The third kappa shape index (κ3) is 2.49. The average molecular weight is 312 g/mol. The highest BCUT2D eigenvalue weighted by atomic mass is 16.3. The van der Waals surface area contributed by atoms with Crippen molar-refractivity contribution in [3.05, 3.63) is 23.8 Å². The Morgan fingerprint density at radius 1 is 1.17 bits per heavy atom. The molecule has 2 aromatic rings. The van der Waals surface area contributed by atoms with Gasteiger partial charge in [-0.25, -0.2) is 0 Å². The van der Waals surface area contributed by atoms with Gasteiger partial charge in [0.15, 0.2) is 0 Å². The van der Waals surface area contributed by atoms with E-state index in [2.05, 4.69) is 28.4 Å². The molecule has 0 bridgehead atoms. The van der Waals surface area contributed by atoms with E-state index >= 15 is 0 Å². The first-order valence-corrected chi connectivity index (χ1v) is 8.56. The minimum absolute atomic E-state index is 0.333. The summed E-state index contributed by atoms with van der Waals surface area (Å²) in [6.07, 6.45) is 3.40. The van der Waals surface area contributed by atoms with Gasteiger partial charge in [-0.15, -0.1) is 0 Å². The first-order chi connectivity index (χ1) is 11.3. The van der Waals surface area contributed by atoms with Crippen LogP contribution < -0.4 is 10.2 Å². The van der Waals surface area contributed by atoms with Gasteiger partial charge in [0.2, 0.25) is 5.88 Å². The topological polar surface area (TPSA) is 52.8 Å². The molecule has 4 rings (SSSR count). The maximum atomic E-state index is 10.7. The number of aliphatic imine (C=N–C) groups is 1. The van der Waals surface area contributed by atoms with Crippen LogP contribution in [0.1, 0.15) is 24.8 Å². The molecule has 0 saturated carbocycles. The molecule has 5 heteroatoms. The van der Waals surface area contributed by atoms with Crippen molar-refractivity contribution in [2.45, 2.75) is 19.3 Å². The zero-order valence-electron chi connectivity index (χ0n) is 13.7. The smallest absolute Gasteiger partial charge is 0.201 e. The molecule has 3 heterocycles. The third-order valence-electron chi connectivity index (χ3n) is 5.04. The molecule has 0 unspecified atom stereocenters. The van der Waals surface area contributed by atoms with Crippen molar-refractivity contribution in [2.75, 3.05) is 37.6 Å². The second-order valence-electron chi connectivity index (χ2n) is 6.48. The molecule has 1 aromatic heterocycles. The number of rotatable bonds is 2. The monoisotopic (exact) mass is 312 g/mol. The van der Waals surface area contributed by atoms with Gasteiger partial charge < -0.3 is 19.9 Å². The van der Waals surface area contributed by atoms with Crippen LogP contribution in [0.25, 0.3) is 10.9 Å². The summed E-state index contributed by atoms with van der Waals surface area (Å²) in [6, 6.07) is 6.53. The van der Waals surface area contributed by atoms with E-state index in [1.807, 2.05) is 11.6 Å². The van der Waals surface area contributed by atoms with Crippen LogP contribution in [-0.4, -0.2) is 48.1 Å². The molecule has 1 fully saturated rings. The summed E-state index contributed by atoms with van der Waals surface area (Å²) in [7, 11) is 1.92. The molecule has 1 aromatic carbocycles. The average Bonchev–Trinajstić information content (AvgIpc) is 3.08. The van der Waals surface area contributed by atoms with E-state index in [0.717, 1.165) is 61.3 Å². The number of aromatic hydroxyl groups is 1. The fourth-order valence-electron chi connectivity index (χ4n) is 3.76. The van der Waals surface area contributed by atoms with E-state index in [4.69, 9.17) is 4.99 Å². The van der Waals surface area contributed by atoms with Gasteiger partial charge in [0.25, 0.3) is 0 Å². The van der Waals surface area contributed by atoms with Gasteiger partial charge in [-0.05, 0) is 31.0 Å². The molecule has 23 heavy (non-hydrogen) atoms. The molecule has 0 aliphatic carbocycles. The van der Waals surface area contributed by atoms with E-state index < -0.39 is 0 Å². The lowest BCUT2D eigenvalue weighted by molar-refractivity contribution is 0.434. The van der Waals surface area contributed by atoms with Crippen molar-refractivity contribution in [1.82, 2.24) is 9.88 Å². The second-order valence-corrected chi connectivity index (χ2v) is 6.48. The highest BCUT2D eigenvalue weighted by Gasteiger charge is 2.21. The maximum absolute atomic E-state index is 10.7. The Bertz CT molecular complexity index is 756. The SMILES string of the molecule is Cn1c(O)c(C2=NCCNCC2)c2cc(N3CCCC3)ccc21. The molecule has 1 saturated heterocycles. The normalized spacial score (nSPS) is 19.2. The van der Waals surface area contributed by atoms with Crippen LogP contribution in [0.15, 0.2) is 23.2 Å². The Labute approximate surface area is 136 Å². The first-order valence-electron chi connectivity index (χ1n) is 8.56. The lowest BCUT2D eigenvalue weighted by atomic mass is 10.0. The number of hydrogen-bond donors (Lipinski definition) is 2. The standard InChI is InChI=1S/C18H24N4O/c1-21-16-5-4-13(22-10-2-3-11-22)12-14(16)17(18(21)23)15-6-7-19-8-9-20-15/h4-5,12,19,23H,2-3,6-11H2,1H3. The Balaban J connectivity index is 1.85. The number of nitrogens with zero attached hydrogens (tertiary/aromatic N) is 3. The van der Waals surface area contributed by atoms with Crippen LogP contribution in [0.2, 0.25) is 0 Å². The number of nitrogens with one attached hydrogen (secondary N) is 1. The van der Waals surface area contributed by atoms with Crippen molar-refractivity contribution in [2.24, 2.45) is 12.0 Å². The number of anilines is 1. The summed E-state index contributed by atoms with van der Waals surface area (Å²) in [5.74, 6) is 0.333. The number of benzene rings is 1. The molecule has 2 aliphatic heterocycles. The molecule has 5 nitrogen and oxygen atoms in total. The highest BCUT2D eigenvalue weighted by molar-refractivity contribution is 6.14. The molecule has 0 atom stereocenters. The largest absolute Gasteiger partial charge is 0.494 e.